The maximum absolute atomic E-state index is 10.4. The minimum atomic E-state index is -0.540. The van der Waals surface area contributed by atoms with Gasteiger partial charge in [0.25, 0.3) is 0 Å². The number of aryl methyl sites for hydroxylation is 1. The first-order chi connectivity index (χ1) is 11.7. The van der Waals surface area contributed by atoms with Gasteiger partial charge in [-0.2, -0.15) is 0 Å². The monoisotopic (exact) mass is 324 g/mol. The van der Waals surface area contributed by atoms with Gasteiger partial charge in [-0.25, -0.2) is 4.98 Å². The van der Waals surface area contributed by atoms with E-state index >= 15 is 0 Å². The number of ether oxygens (including phenoxy) is 1. The molecule has 4 nitrogen and oxygen atoms in total. The molecule has 0 aliphatic rings. The number of imidazole rings is 1. The Kier molecular flexibility index (Phi) is 5.16. The lowest BCUT2D eigenvalue weighted by molar-refractivity contribution is 0.151. The van der Waals surface area contributed by atoms with Crippen LogP contribution in [-0.2, 0) is 6.54 Å². The Hall–Kier alpha value is -2.33. The zero-order chi connectivity index (χ0) is 16.9. The quantitative estimate of drug-likeness (QED) is 0.706. The fourth-order valence-corrected chi connectivity index (χ4v) is 2.95. The molecule has 0 aliphatic carbocycles. The van der Waals surface area contributed by atoms with Crippen molar-refractivity contribution < 1.29 is 9.84 Å². The molecule has 0 fully saturated rings. The molecular weight excluding hydrogens is 300 g/mol. The Labute approximate surface area is 142 Å². The molecule has 3 rings (SSSR count). The minimum absolute atomic E-state index is 0.537. The van der Waals surface area contributed by atoms with Gasteiger partial charge < -0.3 is 14.4 Å². The highest BCUT2D eigenvalue weighted by Gasteiger charge is 2.17. The van der Waals surface area contributed by atoms with Crippen molar-refractivity contribution in [3.05, 3.63) is 59.9 Å². The van der Waals surface area contributed by atoms with Crippen LogP contribution < -0.4 is 4.74 Å². The Bertz CT molecular complexity index is 810. The standard InChI is InChI=1S/C20H24N2O2/c1-3-7-19(23)20-21-17-10-4-5-11-18(17)22(20)12-13-24-16-9-6-8-15(2)14-16/h4-6,8-11,14,19,23H,3,7,12-13H2,1-2H3. The predicted octanol–water partition coefficient (Wildman–Crippen LogP) is 4.26. The first-order valence-electron chi connectivity index (χ1n) is 8.51. The first kappa shape index (κ1) is 16.5. The second-order valence-electron chi connectivity index (χ2n) is 6.08. The Morgan fingerprint density at radius 2 is 2.00 bits per heavy atom. The van der Waals surface area contributed by atoms with Crippen LogP contribution in [0.5, 0.6) is 5.75 Å². The minimum Gasteiger partial charge on any atom is -0.492 e. The molecule has 0 radical (unpaired) electrons. The number of para-hydroxylation sites is 2. The number of aliphatic hydroxyl groups excluding tert-OH is 1. The maximum atomic E-state index is 10.4. The third-order valence-corrected chi connectivity index (χ3v) is 4.12. The van der Waals surface area contributed by atoms with Crippen LogP contribution in [0.2, 0.25) is 0 Å². The second kappa shape index (κ2) is 7.49. The molecule has 2 aromatic carbocycles. The second-order valence-corrected chi connectivity index (χ2v) is 6.08. The molecule has 0 saturated carbocycles. The average molecular weight is 324 g/mol. The smallest absolute Gasteiger partial charge is 0.138 e. The number of benzene rings is 2. The molecule has 126 valence electrons. The summed E-state index contributed by atoms with van der Waals surface area (Å²) >= 11 is 0. The van der Waals surface area contributed by atoms with Crippen molar-refractivity contribution in [2.24, 2.45) is 0 Å². The number of nitrogens with zero attached hydrogens (tertiary/aromatic N) is 2. The summed E-state index contributed by atoms with van der Waals surface area (Å²) in [5, 5.41) is 10.4. The Morgan fingerprint density at radius 1 is 1.17 bits per heavy atom. The normalized spacial score (nSPS) is 12.5. The molecule has 0 amide bonds. The van der Waals surface area contributed by atoms with Crippen LogP contribution in [-0.4, -0.2) is 21.3 Å². The zero-order valence-corrected chi connectivity index (χ0v) is 14.3. The molecule has 1 atom stereocenters. The van der Waals surface area contributed by atoms with Gasteiger partial charge in [0.1, 0.15) is 24.3 Å². The molecule has 1 N–H and O–H groups in total. The number of hydrogen-bond donors (Lipinski definition) is 1. The van der Waals surface area contributed by atoms with Crippen molar-refractivity contribution in [3.8, 4) is 5.75 Å². The third kappa shape index (κ3) is 3.60. The van der Waals surface area contributed by atoms with Gasteiger partial charge in [-0.3, -0.25) is 0 Å². The molecule has 1 unspecified atom stereocenters. The van der Waals surface area contributed by atoms with Crippen molar-refractivity contribution in [2.45, 2.75) is 39.3 Å². The third-order valence-electron chi connectivity index (χ3n) is 4.12. The predicted molar refractivity (Wildman–Crippen MR) is 96.3 cm³/mol. The van der Waals surface area contributed by atoms with E-state index < -0.39 is 6.10 Å². The largest absolute Gasteiger partial charge is 0.492 e. The first-order valence-corrected chi connectivity index (χ1v) is 8.51. The molecule has 0 aliphatic heterocycles. The lowest BCUT2D eigenvalue weighted by Crippen LogP contribution is -2.14. The summed E-state index contributed by atoms with van der Waals surface area (Å²) in [5.74, 6) is 1.60. The molecule has 4 heteroatoms. The molecular formula is C20H24N2O2. The highest BCUT2D eigenvalue weighted by Crippen LogP contribution is 2.23. The highest BCUT2D eigenvalue weighted by molar-refractivity contribution is 5.76. The molecule has 0 saturated heterocycles. The van der Waals surface area contributed by atoms with Crippen LogP contribution in [0.1, 0.15) is 37.3 Å². The molecule has 0 spiro atoms. The van der Waals surface area contributed by atoms with Crippen molar-refractivity contribution >= 4 is 11.0 Å². The van der Waals surface area contributed by atoms with E-state index in [4.69, 9.17) is 4.74 Å². The number of hydrogen-bond acceptors (Lipinski definition) is 3. The van der Waals surface area contributed by atoms with E-state index in [1.54, 1.807) is 0 Å². The Morgan fingerprint density at radius 3 is 2.79 bits per heavy atom. The lowest BCUT2D eigenvalue weighted by atomic mass is 10.2. The van der Waals surface area contributed by atoms with E-state index in [1.165, 1.54) is 5.56 Å². The summed E-state index contributed by atoms with van der Waals surface area (Å²) in [5.41, 5.74) is 3.13. The van der Waals surface area contributed by atoms with Gasteiger partial charge in [0.05, 0.1) is 17.6 Å². The molecule has 24 heavy (non-hydrogen) atoms. The van der Waals surface area contributed by atoms with Crippen LogP contribution in [0.25, 0.3) is 11.0 Å². The molecule has 0 bridgehead atoms. The van der Waals surface area contributed by atoms with Gasteiger partial charge in [0, 0.05) is 0 Å². The van der Waals surface area contributed by atoms with E-state index in [2.05, 4.69) is 29.5 Å². The number of fused-ring (bicyclic) bond motifs is 1. The summed E-state index contributed by atoms with van der Waals surface area (Å²) in [7, 11) is 0. The van der Waals surface area contributed by atoms with Gasteiger partial charge >= 0.3 is 0 Å². The summed E-state index contributed by atoms with van der Waals surface area (Å²) in [6.45, 7) is 5.31. The fraction of sp³-hybridized carbons (Fsp3) is 0.350. The van der Waals surface area contributed by atoms with Gasteiger partial charge in [0.2, 0.25) is 0 Å². The number of rotatable bonds is 7. The van der Waals surface area contributed by atoms with Gasteiger partial charge in [0.15, 0.2) is 0 Å². The summed E-state index contributed by atoms with van der Waals surface area (Å²) in [6, 6.07) is 16.0. The van der Waals surface area contributed by atoms with Crippen molar-refractivity contribution in [3.63, 3.8) is 0 Å². The number of aromatic nitrogens is 2. The highest BCUT2D eigenvalue weighted by atomic mass is 16.5. The molecule has 1 heterocycles. The van der Waals surface area contributed by atoms with E-state index in [1.807, 2.05) is 42.5 Å². The maximum Gasteiger partial charge on any atom is 0.138 e. The van der Waals surface area contributed by atoms with E-state index in [0.29, 0.717) is 19.6 Å². The van der Waals surface area contributed by atoms with Crippen LogP contribution in [0.4, 0.5) is 0 Å². The molecule has 3 aromatic rings. The van der Waals surface area contributed by atoms with E-state index in [-0.39, 0.29) is 0 Å². The fourth-order valence-electron chi connectivity index (χ4n) is 2.95. The number of aliphatic hydroxyl groups is 1. The van der Waals surface area contributed by atoms with Crippen LogP contribution in [0, 0.1) is 6.92 Å². The van der Waals surface area contributed by atoms with Crippen LogP contribution in [0.15, 0.2) is 48.5 Å². The average Bonchev–Trinajstić information content (AvgIpc) is 2.94. The van der Waals surface area contributed by atoms with Crippen molar-refractivity contribution in [2.75, 3.05) is 6.61 Å². The van der Waals surface area contributed by atoms with Crippen LogP contribution >= 0.6 is 0 Å². The SMILES string of the molecule is CCCC(O)c1nc2ccccc2n1CCOc1cccc(C)c1. The van der Waals surface area contributed by atoms with Crippen molar-refractivity contribution in [1.82, 2.24) is 9.55 Å². The van der Waals surface area contributed by atoms with Crippen LogP contribution in [0.3, 0.4) is 0 Å². The Balaban J connectivity index is 1.80. The van der Waals surface area contributed by atoms with E-state index in [9.17, 15) is 5.11 Å². The summed E-state index contributed by atoms with van der Waals surface area (Å²) in [6.07, 6.45) is 1.09. The summed E-state index contributed by atoms with van der Waals surface area (Å²) in [4.78, 5) is 4.63. The summed E-state index contributed by atoms with van der Waals surface area (Å²) < 4.78 is 7.95. The molecule has 1 aromatic heterocycles. The zero-order valence-electron chi connectivity index (χ0n) is 14.3. The van der Waals surface area contributed by atoms with E-state index in [0.717, 1.165) is 29.0 Å². The topological polar surface area (TPSA) is 47.3 Å². The van der Waals surface area contributed by atoms with Crippen molar-refractivity contribution in [1.29, 1.82) is 0 Å². The van der Waals surface area contributed by atoms with Gasteiger partial charge in [-0.15, -0.1) is 0 Å². The lowest BCUT2D eigenvalue weighted by Gasteiger charge is -2.14. The van der Waals surface area contributed by atoms with Gasteiger partial charge in [-0.1, -0.05) is 37.6 Å². The van der Waals surface area contributed by atoms with Gasteiger partial charge in [-0.05, 0) is 43.2 Å².